The average molecular weight is 292 g/mol. The number of aliphatic carboxylic acids is 1. The van der Waals surface area contributed by atoms with E-state index in [-0.39, 0.29) is 17.2 Å². The number of carboxylic acids is 1. The lowest BCUT2D eigenvalue weighted by Crippen LogP contribution is -2.40. The molecular weight excluding hydrogens is 280 g/mol. The number of aromatic nitrogens is 1. The van der Waals surface area contributed by atoms with Crippen LogP contribution in [0.3, 0.4) is 0 Å². The predicted molar refractivity (Wildman–Crippen MR) is 62.8 cm³/mol. The van der Waals surface area contributed by atoms with Gasteiger partial charge in [-0.2, -0.15) is 4.31 Å². The zero-order valence-corrected chi connectivity index (χ0v) is 11.1. The van der Waals surface area contributed by atoms with Crippen molar-refractivity contribution in [3.8, 4) is 0 Å². The fourth-order valence-electron chi connectivity index (χ4n) is 1.85. The number of carboxylic acid groups (broad SMARTS) is 1. The van der Waals surface area contributed by atoms with Crippen LogP contribution in [0.1, 0.15) is 11.4 Å². The summed E-state index contributed by atoms with van der Waals surface area (Å²) >= 11 is 0.981. The number of carbonyl (C=O) groups is 1. The molecule has 1 aliphatic heterocycles. The number of rotatable bonds is 3. The van der Waals surface area contributed by atoms with Crippen LogP contribution in [0.5, 0.6) is 0 Å². The van der Waals surface area contributed by atoms with Gasteiger partial charge in [0.15, 0.2) is 4.21 Å². The van der Waals surface area contributed by atoms with Gasteiger partial charge in [-0.05, 0) is 6.92 Å². The average Bonchev–Trinajstić information content (AvgIpc) is 2.84. The highest BCUT2D eigenvalue weighted by Crippen LogP contribution is 2.29. The lowest BCUT2D eigenvalue weighted by Gasteiger charge is -2.19. The molecule has 2 heterocycles. The molecule has 1 aromatic rings. The van der Waals surface area contributed by atoms with E-state index < -0.39 is 28.1 Å². The Bertz CT molecular complexity index is 567. The minimum Gasteiger partial charge on any atom is -0.480 e. The number of sulfonamides is 1. The maximum Gasteiger partial charge on any atom is 0.322 e. The Morgan fingerprint density at radius 1 is 1.61 bits per heavy atom. The molecule has 0 aromatic carbocycles. The standard InChI is InChI=1S/C9H12N2O5S2/c1-5-10-3-8(17-5)18(15,16)11-4-6(12)2-7(11)9(13)14/h3,6-7,12H,2,4H2,1H3,(H,13,14)/t6-,7-/m0/s1. The van der Waals surface area contributed by atoms with E-state index in [2.05, 4.69) is 4.98 Å². The largest absolute Gasteiger partial charge is 0.480 e. The van der Waals surface area contributed by atoms with Gasteiger partial charge in [-0.1, -0.05) is 0 Å². The summed E-state index contributed by atoms with van der Waals surface area (Å²) in [5, 5.41) is 19.0. The van der Waals surface area contributed by atoms with Gasteiger partial charge in [0.25, 0.3) is 10.0 Å². The quantitative estimate of drug-likeness (QED) is 0.789. The fraction of sp³-hybridized carbons (Fsp3) is 0.556. The smallest absolute Gasteiger partial charge is 0.322 e. The second kappa shape index (κ2) is 4.57. The van der Waals surface area contributed by atoms with Gasteiger partial charge in [0.05, 0.1) is 17.3 Å². The molecule has 9 heteroatoms. The summed E-state index contributed by atoms with van der Waals surface area (Å²) in [6, 6.07) is -1.22. The number of aliphatic hydroxyl groups excluding tert-OH is 1. The molecule has 0 spiro atoms. The molecule has 2 atom stereocenters. The second-order valence-electron chi connectivity index (χ2n) is 4.02. The summed E-state index contributed by atoms with van der Waals surface area (Å²) in [5.74, 6) is -1.25. The third-order valence-electron chi connectivity index (χ3n) is 2.68. The number of nitrogens with zero attached hydrogens (tertiary/aromatic N) is 2. The van der Waals surface area contributed by atoms with Crippen LogP contribution in [0.15, 0.2) is 10.4 Å². The lowest BCUT2D eigenvalue weighted by atomic mass is 10.2. The summed E-state index contributed by atoms with van der Waals surface area (Å²) in [6.07, 6.45) is 0.167. The maximum absolute atomic E-state index is 12.2. The lowest BCUT2D eigenvalue weighted by molar-refractivity contribution is -0.140. The number of hydrogen-bond donors (Lipinski definition) is 2. The minimum atomic E-state index is -3.90. The molecule has 100 valence electrons. The van der Waals surface area contributed by atoms with E-state index in [1.165, 1.54) is 6.20 Å². The molecule has 0 amide bonds. The first-order valence-electron chi connectivity index (χ1n) is 5.17. The molecule has 0 unspecified atom stereocenters. The van der Waals surface area contributed by atoms with E-state index in [0.29, 0.717) is 5.01 Å². The Morgan fingerprint density at radius 3 is 2.78 bits per heavy atom. The second-order valence-corrected chi connectivity index (χ2v) is 7.37. The molecule has 1 saturated heterocycles. The van der Waals surface area contributed by atoms with Crippen LogP contribution in [0, 0.1) is 6.92 Å². The maximum atomic E-state index is 12.2. The van der Waals surface area contributed by atoms with Gasteiger partial charge in [0.1, 0.15) is 6.04 Å². The molecule has 2 rings (SSSR count). The number of aliphatic hydroxyl groups is 1. The summed E-state index contributed by atoms with van der Waals surface area (Å²) in [4.78, 5) is 14.9. The first-order valence-corrected chi connectivity index (χ1v) is 7.43. The number of β-amino-alcohol motifs (C(OH)–C–C–N with tert-alkyl or cyclic N) is 1. The number of aryl methyl sites for hydroxylation is 1. The van der Waals surface area contributed by atoms with Gasteiger partial charge >= 0.3 is 5.97 Å². The molecule has 0 radical (unpaired) electrons. The SMILES string of the molecule is Cc1ncc(S(=O)(=O)N2C[C@@H](O)C[C@H]2C(=O)O)s1. The van der Waals surface area contributed by atoms with Crippen LogP contribution < -0.4 is 0 Å². The molecule has 2 N–H and O–H groups in total. The molecule has 7 nitrogen and oxygen atoms in total. The van der Waals surface area contributed by atoms with Crippen LogP contribution in [-0.2, 0) is 14.8 Å². The zero-order valence-electron chi connectivity index (χ0n) is 9.48. The van der Waals surface area contributed by atoms with Gasteiger partial charge in [-0.3, -0.25) is 4.79 Å². The molecule has 1 aliphatic rings. The fourth-order valence-corrected chi connectivity index (χ4v) is 4.72. The summed E-state index contributed by atoms with van der Waals surface area (Å²) in [7, 11) is -3.90. The van der Waals surface area contributed by atoms with Gasteiger partial charge < -0.3 is 10.2 Å². The highest BCUT2D eigenvalue weighted by Gasteiger charge is 2.44. The van der Waals surface area contributed by atoms with Gasteiger partial charge in [0, 0.05) is 13.0 Å². The van der Waals surface area contributed by atoms with Crippen molar-refractivity contribution in [3.63, 3.8) is 0 Å². The Labute approximate surface area is 108 Å². The van der Waals surface area contributed by atoms with Crippen LogP contribution in [0.4, 0.5) is 0 Å². The zero-order chi connectivity index (χ0) is 13.5. The van der Waals surface area contributed by atoms with Crippen molar-refractivity contribution in [2.24, 2.45) is 0 Å². The van der Waals surface area contributed by atoms with Gasteiger partial charge in [0.2, 0.25) is 0 Å². The van der Waals surface area contributed by atoms with E-state index in [0.717, 1.165) is 15.6 Å². The Balaban J connectivity index is 2.38. The van der Waals surface area contributed by atoms with Crippen molar-refractivity contribution < 1.29 is 23.4 Å². The van der Waals surface area contributed by atoms with Crippen LogP contribution >= 0.6 is 11.3 Å². The molecular formula is C9H12N2O5S2. The summed E-state index contributed by atoms with van der Waals surface area (Å²) < 4.78 is 25.3. The van der Waals surface area contributed by atoms with Crippen molar-refractivity contribution in [2.75, 3.05) is 6.54 Å². The molecule has 0 saturated carbocycles. The molecule has 18 heavy (non-hydrogen) atoms. The van der Waals surface area contributed by atoms with E-state index in [4.69, 9.17) is 5.11 Å². The molecule has 1 fully saturated rings. The predicted octanol–water partition coefficient (Wildman–Crippen LogP) is -0.340. The normalized spacial score (nSPS) is 25.4. The van der Waals surface area contributed by atoms with E-state index in [9.17, 15) is 18.3 Å². The monoisotopic (exact) mass is 292 g/mol. The van der Waals surface area contributed by atoms with Crippen molar-refractivity contribution in [2.45, 2.75) is 29.7 Å². The van der Waals surface area contributed by atoms with Gasteiger partial charge in [-0.25, -0.2) is 13.4 Å². The van der Waals surface area contributed by atoms with Crippen LogP contribution in [0.25, 0.3) is 0 Å². The first-order chi connectivity index (χ1) is 8.32. The highest BCUT2D eigenvalue weighted by atomic mass is 32.2. The third kappa shape index (κ3) is 2.26. The van der Waals surface area contributed by atoms with Crippen molar-refractivity contribution in [1.29, 1.82) is 0 Å². The van der Waals surface area contributed by atoms with E-state index >= 15 is 0 Å². The van der Waals surface area contributed by atoms with Crippen molar-refractivity contribution in [3.05, 3.63) is 11.2 Å². The molecule has 0 aliphatic carbocycles. The van der Waals surface area contributed by atoms with Crippen molar-refractivity contribution in [1.82, 2.24) is 9.29 Å². The van der Waals surface area contributed by atoms with Crippen LogP contribution in [-0.4, -0.2) is 52.6 Å². The number of thiazole rings is 1. The summed E-state index contributed by atoms with van der Waals surface area (Å²) in [5.41, 5.74) is 0. The summed E-state index contributed by atoms with van der Waals surface area (Å²) in [6.45, 7) is 1.47. The molecule has 1 aromatic heterocycles. The minimum absolute atomic E-state index is 0.000324. The Hall–Kier alpha value is -1.03. The van der Waals surface area contributed by atoms with E-state index in [1.54, 1.807) is 6.92 Å². The van der Waals surface area contributed by atoms with Gasteiger partial charge in [-0.15, -0.1) is 11.3 Å². The Morgan fingerprint density at radius 2 is 2.28 bits per heavy atom. The Kier molecular flexibility index (Phi) is 3.41. The van der Waals surface area contributed by atoms with Crippen LogP contribution in [0.2, 0.25) is 0 Å². The van der Waals surface area contributed by atoms with E-state index in [1.807, 2.05) is 0 Å². The third-order valence-corrected chi connectivity index (χ3v) is 5.91. The first kappa shape index (κ1) is 13.4. The van der Waals surface area contributed by atoms with Crippen molar-refractivity contribution >= 4 is 27.3 Å². The molecule has 0 bridgehead atoms. The topological polar surface area (TPSA) is 108 Å². The number of hydrogen-bond acceptors (Lipinski definition) is 6. The highest BCUT2D eigenvalue weighted by molar-refractivity contribution is 7.91.